The van der Waals surface area contributed by atoms with Crippen molar-refractivity contribution in [3.63, 3.8) is 0 Å². The zero-order valence-electron chi connectivity index (χ0n) is 13.1. The molecule has 1 aliphatic heterocycles. The molecule has 0 aliphatic carbocycles. The zero-order chi connectivity index (χ0) is 16.1. The van der Waals surface area contributed by atoms with Gasteiger partial charge in [-0.15, -0.1) is 5.75 Å². The van der Waals surface area contributed by atoms with Crippen molar-refractivity contribution in [2.45, 2.75) is 13.1 Å². The molecule has 1 unspecified atom stereocenters. The van der Waals surface area contributed by atoms with E-state index in [1.54, 1.807) is 12.3 Å². The first-order valence-electron chi connectivity index (χ1n) is 7.65. The molecule has 0 radical (unpaired) electrons. The third-order valence-corrected chi connectivity index (χ3v) is 3.72. The number of quaternary nitrogens is 1. The van der Waals surface area contributed by atoms with Gasteiger partial charge in [0.15, 0.2) is 6.20 Å². The van der Waals surface area contributed by atoms with Crippen molar-refractivity contribution >= 4 is 12.6 Å². The van der Waals surface area contributed by atoms with E-state index in [9.17, 15) is 5.11 Å². The Morgan fingerprint density at radius 2 is 1.96 bits per heavy atom. The molecule has 0 saturated heterocycles. The summed E-state index contributed by atoms with van der Waals surface area (Å²) in [4.78, 5) is 5.63. The molecule has 4 heteroatoms. The molecule has 0 amide bonds. The van der Waals surface area contributed by atoms with E-state index in [0.29, 0.717) is 12.1 Å². The maximum Gasteiger partial charge on any atom is 0.335 e. The first-order chi connectivity index (χ1) is 11.2. The van der Waals surface area contributed by atoms with Crippen LogP contribution >= 0.6 is 0 Å². The first kappa shape index (κ1) is 15.2. The van der Waals surface area contributed by atoms with E-state index < -0.39 is 0 Å². The van der Waals surface area contributed by atoms with Crippen molar-refractivity contribution in [3.05, 3.63) is 77.6 Å². The molecule has 2 aromatic rings. The molecule has 0 fully saturated rings. The molecule has 1 atom stereocenters. The van der Waals surface area contributed by atoms with Crippen molar-refractivity contribution < 1.29 is 14.6 Å². The number of benzene rings is 2. The Kier molecular flexibility index (Phi) is 4.64. The van der Waals surface area contributed by atoms with Gasteiger partial charge in [0, 0.05) is 11.8 Å². The highest BCUT2D eigenvalue weighted by molar-refractivity contribution is 5.83. The third kappa shape index (κ3) is 4.14. The molecule has 2 aromatic carbocycles. The Morgan fingerprint density at radius 1 is 1.13 bits per heavy atom. The summed E-state index contributed by atoms with van der Waals surface area (Å²) in [5.74, 6) is 0.0126. The summed E-state index contributed by atoms with van der Waals surface area (Å²) in [6.45, 7) is 1.41. The van der Waals surface area contributed by atoms with E-state index in [1.807, 2.05) is 60.3 Å². The van der Waals surface area contributed by atoms with Crippen molar-refractivity contribution in [1.82, 2.24) is 0 Å². The average molecular weight is 306 g/mol. The molecule has 0 spiro atoms. The van der Waals surface area contributed by atoms with Crippen molar-refractivity contribution in [2.24, 2.45) is 4.99 Å². The van der Waals surface area contributed by atoms with Gasteiger partial charge in [-0.2, -0.15) is 4.58 Å². The molecule has 0 saturated carbocycles. The number of aliphatic imine (C=N–C) groups is 1. The van der Waals surface area contributed by atoms with Crippen LogP contribution in [0, 0.1) is 0 Å². The summed E-state index contributed by atoms with van der Waals surface area (Å²) >= 11 is 0. The van der Waals surface area contributed by atoms with Crippen LogP contribution in [-0.4, -0.2) is 24.2 Å². The lowest BCUT2D eigenvalue weighted by Gasteiger charge is -2.12. The maximum absolute atomic E-state index is 12.0. The van der Waals surface area contributed by atoms with Gasteiger partial charge in [0.2, 0.25) is 6.20 Å². The van der Waals surface area contributed by atoms with E-state index in [-0.39, 0.29) is 5.75 Å². The van der Waals surface area contributed by atoms with Crippen LogP contribution in [0.15, 0.2) is 65.9 Å². The summed E-state index contributed by atoms with van der Waals surface area (Å²) in [5.41, 5.74) is 2.91. The molecule has 0 bridgehead atoms. The van der Waals surface area contributed by atoms with Crippen LogP contribution in [0.4, 0.5) is 0 Å². The van der Waals surface area contributed by atoms with Crippen molar-refractivity contribution in [3.8, 4) is 5.75 Å². The number of hydrogen-bond donors (Lipinski definition) is 1. The minimum absolute atomic E-state index is 0.0126. The summed E-state index contributed by atoms with van der Waals surface area (Å²) in [5, 5.41) is 12.0. The fourth-order valence-electron chi connectivity index (χ4n) is 2.54. The zero-order valence-corrected chi connectivity index (χ0v) is 13.1. The highest BCUT2D eigenvalue weighted by atomic mass is 16.3. The lowest BCUT2D eigenvalue weighted by atomic mass is 10.1. The molecule has 116 valence electrons. The van der Waals surface area contributed by atoms with Gasteiger partial charge in [0.1, 0.15) is 13.6 Å². The SMILES string of the molecule is C[N+]1=C[NH+](Cc2ccc([O-])c(C=NCc3ccccc3)c2)C=C1. The fraction of sp³-hybridized carbons (Fsp3) is 0.158. The van der Waals surface area contributed by atoms with Crippen LogP contribution in [0.3, 0.4) is 0 Å². The number of nitrogens with zero attached hydrogens (tertiary/aromatic N) is 2. The van der Waals surface area contributed by atoms with Crippen LogP contribution in [0.2, 0.25) is 0 Å². The van der Waals surface area contributed by atoms with E-state index >= 15 is 0 Å². The molecule has 1 N–H and O–H groups in total. The number of hydrogen-bond acceptors (Lipinski definition) is 2. The van der Waals surface area contributed by atoms with Gasteiger partial charge in [-0.3, -0.25) is 4.99 Å². The predicted molar refractivity (Wildman–Crippen MR) is 89.7 cm³/mol. The average Bonchev–Trinajstić information content (AvgIpc) is 2.96. The summed E-state index contributed by atoms with van der Waals surface area (Å²) < 4.78 is 2.03. The molecule has 1 aliphatic rings. The maximum atomic E-state index is 12.0. The topological polar surface area (TPSA) is 42.9 Å². The standard InChI is InChI=1S/C19H19N3O/c1-21-9-10-22(15-21)14-17-7-8-19(23)18(11-17)13-20-12-16-5-3-2-4-6-16/h2-11,13,15H,12,14H2,1H3/p+1. The van der Waals surface area contributed by atoms with Gasteiger partial charge in [-0.25, -0.2) is 4.90 Å². The molecule has 4 nitrogen and oxygen atoms in total. The van der Waals surface area contributed by atoms with E-state index in [0.717, 1.165) is 17.7 Å². The molecule has 23 heavy (non-hydrogen) atoms. The molecular weight excluding hydrogens is 286 g/mol. The van der Waals surface area contributed by atoms with Crippen molar-refractivity contribution in [2.75, 3.05) is 7.05 Å². The largest absolute Gasteiger partial charge is 0.872 e. The number of nitrogens with one attached hydrogen (secondary N) is 1. The van der Waals surface area contributed by atoms with Crippen molar-refractivity contribution in [1.29, 1.82) is 0 Å². The quantitative estimate of drug-likeness (QED) is 0.648. The molecule has 3 rings (SSSR count). The Hall–Kier alpha value is -2.72. The summed E-state index contributed by atoms with van der Waals surface area (Å²) in [7, 11) is 2.01. The minimum Gasteiger partial charge on any atom is -0.872 e. The van der Waals surface area contributed by atoms with Gasteiger partial charge in [0.25, 0.3) is 0 Å². The summed E-state index contributed by atoms with van der Waals surface area (Å²) in [6.07, 6.45) is 7.89. The van der Waals surface area contributed by atoms with E-state index in [1.165, 1.54) is 4.90 Å². The van der Waals surface area contributed by atoms with Crippen LogP contribution in [0.1, 0.15) is 16.7 Å². The highest BCUT2D eigenvalue weighted by Gasteiger charge is 2.14. The monoisotopic (exact) mass is 306 g/mol. The van der Waals surface area contributed by atoms with Crippen LogP contribution in [0.5, 0.6) is 5.75 Å². The fourth-order valence-corrected chi connectivity index (χ4v) is 2.54. The smallest absolute Gasteiger partial charge is 0.335 e. The van der Waals surface area contributed by atoms with Gasteiger partial charge < -0.3 is 5.11 Å². The normalized spacial score (nSPS) is 16.9. The lowest BCUT2D eigenvalue weighted by molar-refractivity contribution is -0.763. The highest BCUT2D eigenvalue weighted by Crippen LogP contribution is 2.14. The summed E-state index contributed by atoms with van der Waals surface area (Å²) in [6, 6.07) is 15.5. The van der Waals surface area contributed by atoms with Crippen LogP contribution < -0.4 is 10.0 Å². The van der Waals surface area contributed by atoms with Gasteiger partial charge >= 0.3 is 6.34 Å². The first-order valence-corrected chi connectivity index (χ1v) is 7.65. The van der Waals surface area contributed by atoms with E-state index in [4.69, 9.17) is 0 Å². The van der Waals surface area contributed by atoms with Crippen LogP contribution in [-0.2, 0) is 13.1 Å². The molecule has 1 heterocycles. The predicted octanol–water partition coefficient (Wildman–Crippen LogP) is 0.920. The molecular formula is C19H20N3O+. The second kappa shape index (κ2) is 7.03. The second-order valence-electron chi connectivity index (χ2n) is 5.69. The lowest BCUT2D eigenvalue weighted by Crippen LogP contribution is -3.04. The minimum atomic E-state index is 0.0126. The third-order valence-electron chi connectivity index (χ3n) is 3.72. The number of rotatable bonds is 5. The Balaban J connectivity index is 1.69. The second-order valence-corrected chi connectivity index (χ2v) is 5.69. The van der Waals surface area contributed by atoms with Gasteiger partial charge in [-0.05, 0) is 17.2 Å². The Bertz CT molecular complexity index is 763. The van der Waals surface area contributed by atoms with Gasteiger partial charge in [-0.1, -0.05) is 42.5 Å². The Labute approximate surface area is 136 Å². The van der Waals surface area contributed by atoms with E-state index in [2.05, 4.69) is 17.5 Å². The van der Waals surface area contributed by atoms with Gasteiger partial charge in [0.05, 0.1) is 6.54 Å². The Morgan fingerprint density at radius 3 is 2.70 bits per heavy atom. The molecule has 0 aromatic heterocycles. The van der Waals surface area contributed by atoms with Crippen LogP contribution in [0.25, 0.3) is 0 Å².